The van der Waals surface area contributed by atoms with Crippen molar-refractivity contribution in [2.24, 2.45) is 0 Å². The highest BCUT2D eigenvalue weighted by atomic mass is 16.5. The smallest absolute Gasteiger partial charge is 0.270 e. The summed E-state index contributed by atoms with van der Waals surface area (Å²) in [5.74, 6) is 0.901. The number of carbonyl (C=O) groups is 2. The quantitative estimate of drug-likeness (QED) is 0.727. The summed E-state index contributed by atoms with van der Waals surface area (Å²) in [4.78, 5) is 32.5. The van der Waals surface area contributed by atoms with Gasteiger partial charge in [0.05, 0.1) is 6.61 Å². The SMILES string of the molecule is CCOc1ccc(CN2CCN(C(=O)c3[nH]c(C)c(C(C)=O)c3CC)CC2)cc1. The first-order valence-electron chi connectivity index (χ1n) is 10.4. The predicted octanol–water partition coefficient (Wildman–Crippen LogP) is 3.44. The minimum atomic E-state index is -0.00170. The second kappa shape index (κ2) is 9.27. The second-order valence-electron chi connectivity index (χ2n) is 7.53. The summed E-state index contributed by atoms with van der Waals surface area (Å²) < 4.78 is 5.50. The van der Waals surface area contributed by atoms with Crippen LogP contribution in [-0.4, -0.2) is 59.3 Å². The van der Waals surface area contributed by atoms with E-state index in [1.807, 2.05) is 37.8 Å². The van der Waals surface area contributed by atoms with E-state index in [-0.39, 0.29) is 11.7 Å². The van der Waals surface area contributed by atoms with Crippen LogP contribution < -0.4 is 4.74 Å². The lowest BCUT2D eigenvalue weighted by atomic mass is 10.0. The number of carbonyl (C=O) groups excluding carboxylic acids is 2. The first-order chi connectivity index (χ1) is 13.9. The number of aromatic nitrogens is 1. The van der Waals surface area contributed by atoms with Crippen LogP contribution in [0.25, 0.3) is 0 Å². The molecule has 1 N–H and O–H groups in total. The van der Waals surface area contributed by atoms with E-state index in [0.29, 0.717) is 37.4 Å². The van der Waals surface area contributed by atoms with Crippen LogP contribution in [0, 0.1) is 6.92 Å². The maximum absolute atomic E-state index is 13.1. The number of Topliss-reactive ketones (excluding diaryl/α,β-unsaturated/α-hetero) is 1. The molecule has 2 heterocycles. The third kappa shape index (κ3) is 4.70. The number of aryl methyl sites for hydroxylation is 1. The van der Waals surface area contributed by atoms with Crippen LogP contribution in [-0.2, 0) is 13.0 Å². The Kier molecular flexibility index (Phi) is 6.75. The number of benzene rings is 1. The highest BCUT2D eigenvalue weighted by molar-refractivity contribution is 6.02. The van der Waals surface area contributed by atoms with Gasteiger partial charge in [0.15, 0.2) is 5.78 Å². The molecule has 6 nitrogen and oxygen atoms in total. The molecule has 3 rings (SSSR count). The molecule has 0 saturated carbocycles. The fourth-order valence-corrected chi connectivity index (χ4v) is 4.07. The van der Waals surface area contributed by atoms with Crippen molar-refractivity contribution >= 4 is 11.7 Å². The summed E-state index contributed by atoms with van der Waals surface area (Å²) in [5, 5.41) is 0. The Labute approximate surface area is 172 Å². The van der Waals surface area contributed by atoms with Crippen molar-refractivity contribution in [3.05, 3.63) is 52.3 Å². The van der Waals surface area contributed by atoms with Crippen molar-refractivity contribution in [2.75, 3.05) is 32.8 Å². The topological polar surface area (TPSA) is 65.6 Å². The van der Waals surface area contributed by atoms with E-state index in [2.05, 4.69) is 22.0 Å². The number of hydrogen-bond donors (Lipinski definition) is 1. The van der Waals surface area contributed by atoms with Crippen LogP contribution in [0.3, 0.4) is 0 Å². The first-order valence-corrected chi connectivity index (χ1v) is 10.4. The number of rotatable bonds is 7. The monoisotopic (exact) mass is 397 g/mol. The summed E-state index contributed by atoms with van der Waals surface area (Å²) in [7, 11) is 0. The van der Waals surface area contributed by atoms with Gasteiger partial charge >= 0.3 is 0 Å². The second-order valence-corrected chi connectivity index (χ2v) is 7.53. The van der Waals surface area contributed by atoms with E-state index in [4.69, 9.17) is 4.74 Å². The van der Waals surface area contributed by atoms with Crippen LogP contribution in [0.5, 0.6) is 5.75 Å². The van der Waals surface area contributed by atoms with E-state index < -0.39 is 0 Å². The van der Waals surface area contributed by atoms with Gasteiger partial charge in [-0.15, -0.1) is 0 Å². The summed E-state index contributed by atoms with van der Waals surface area (Å²) in [5.41, 5.74) is 4.12. The standard InChI is InChI=1S/C23H31N3O3/c1-5-20-21(17(4)27)16(3)24-22(20)23(28)26-13-11-25(12-14-26)15-18-7-9-19(10-8-18)29-6-2/h7-10,24H,5-6,11-15H2,1-4H3. The number of piperazine rings is 1. The molecular formula is C23H31N3O3. The molecule has 1 aromatic carbocycles. The van der Waals surface area contributed by atoms with Crippen molar-refractivity contribution in [2.45, 2.75) is 40.7 Å². The molecule has 1 saturated heterocycles. The molecule has 156 valence electrons. The van der Waals surface area contributed by atoms with Gasteiger partial charge < -0.3 is 14.6 Å². The van der Waals surface area contributed by atoms with Crippen molar-refractivity contribution in [3.8, 4) is 5.75 Å². The molecule has 0 radical (unpaired) electrons. The Bertz CT molecular complexity index is 862. The van der Waals surface area contributed by atoms with E-state index in [1.54, 1.807) is 6.92 Å². The number of amides is 1. The highest BCUT2D eigenvalue weighted by Gasteiger charge is 2.27. The Morgan fingerprint density at radius 3 is 2.28 bits per heavy atom. The molecule has 2 aromatic rings. The molecule has 1 aliphatic heterocycles. The molecule has 0 bridgehead atoms. The van der Waals surface area contributed by atoms with Crippen LogP contribution in [0.2, 0.25) is 0 Å². The average Bonchev–Trinajstić information content (AvgIpc) is 3.06. The minimum absolute atomic E-state index is 0.00170. The number of nitrogens with zero attached hydrogens (tertiary/aromatic N) is 2. The maximum atomic E-state index is 13.1. The van der Waals surface area contributed by atoms with E-state index in [1.165, 1.54) is 5.56 Å². The molecule has 1 fully saturated rings. The van der Waals surface area contributed by atoms with Crippen molar-refractivity contribution < 1.29 is 14.3 Å². The average molecular weight is 398 g/mol. The van der Waals surface area contributed by atoms with Crippen molar-refractivity contribution in [1.29, 1.82) is 0 Å². The Morgan fingerprint density at radius 1 is 1.07 bits per heavy atom. The molecule has 1 amide bonds. The van der Waals surface area contributed by atoms with Crippen LogP contribution >= 0.6 is 0 Å². The third-order valence-electron chi connectivity index (χ3n) is 5.51. The molecule has 0 unspecified atom stereocenters. The number of H-pyrrole nitrogens is 1. The summed E-state index contributed by atoms with van der Waals surface area (Å²) in [6, 6.07) is 8.21. The first kappa shape index (κ1) is 21.1. The molecule has 0 atom stereocenters. The largest absolute Gasteiger partial charge is 0.494 e. The van der Waals surface area contributed by atoms with Crippen LogP contribution in [0.1, 0.15) is 58.4 Å². The fourth-order valence-electron chi connectivity index (χ4n) is 4.07. The molecule has 0 spiro atoms. The van der Waals surface area contributed by atoms with Gasteiger partial charge in [-0.3, -0.25) is 14.5 Å². The zero-order valence-corrected chi connectivity index (χ0v) is 17.9. The number of hydrogen-bond acceptors (Lipinski definition) is 4. The lowest BCUT2D eigenvalue weighted by molar-refractivity contribution is 0.0622. The third-order valence-corrected chi connectivity index (χ3v) is 5.51. The molecule has 6 heteroatoms. The Hall–Kier alpha value is -2.60. The van der Waals surface area contributed by atoms with E-state index in [0.717, 1.165) is 36.6 Å². The number of ether oxygens (including phenoxy) is 1. The Morgan fingerprint density at radius 2 is 1.72 bits per heavy atom. The maximum Gasteiger partial charge on any atom is 0.270 e. The van der Waals surface area contributed by atoms with Gasteiger partial charge in [0.2, 0.25) is 0 Å². The van der Waals surface area contributed by atoms with Gasteiger partial charge in [-0.1, -0.05) is 19.1 Å². The minimum Gasteiger partial charge on any atom is -0.494 e. The van der Waals surface area contributed by atoms with Gasteiger partial charge in [-0.05, 0) is 50.5 Å². The zero-order valence-electron chi connectivity index (χ0n) is 17.9. The predicted molar refractivity (Wildman–Crippen MR) is 114 cm³/mol. The fraction of sp³-hybridized carbons (Fsp3) is 0.478. The molecule has 1 aromatic heterocycles. The zero-order chi connectivity index (χ0) is 21.0. The highest BCUT2D eigenvalue weighted by Crippen LogP contribution is 2.22. The van der Waals surface area contributed by atoms with Crippen molar-refractivity contribution in [1.82, 2.24) is 14.8 Å². The molecule has 29 heavy (non-hydrogen) atoms. The van der Waals surface area contributed by atoms with E-state index >= 15 is 0 Å². The summed E-state index contributed by atoms with van der Waals surface area (Å²) in [6.45, 7) is 12.0. The van der Waals surface area contributed by atoms with E-state index in [9.17, 15) is 9.59 Å². The number of nitrogens with one attached hydrogen (secondary N) is 1. The lowest BCUT2D eigenvalue weighted by Gasteiger charge is -2.34. The Balaban J connectivity index is 1.61. The van der Waals surface area contributed by atoms with Crippen LogP contribution in [0.15, 0.2) is 24.3 Å². The van der Waals surface area contributed by atoms with Gasteiger partial charge in [0.25, 0.3) is 5.91 Å². The van der Waals surface area contributed by atoms with Gasteiger partial charge in [0, 0.05) is 44.0 Å². The molecule has 1 aliphatic rings. The van der Waals surface area contributed by atoms with Crippen LogP contribution in [0.4, 0.5) is 0 Å². The van der Waals surface area contributed by atoms with Gasteiger partial charge in [-0.25, -0.2) is 0 Å². The summed E-state index contributed by atoms with van der Waals surface area (Å²) >= 11 is 0. The van der Waals surface area contributed by atoms with Gasteiger partial charge in [-0.2, -0.15) is 0 Å². The number of ketones is 1. The lowest BCUT2D eigenvalue weighted by Crippen LogP contribution is -2.48. The molecule has 0 aliphatic carbocycles. The normalized spacial score (nSPS) is 14.8. The summed E-state index contributed by atoms with van der Waals surface area (Å²) in [6.07, 6.45) is 0.665. The van der Waals surface area contributed by atoms with Gasteiger partial charge in [0.1, 0.15) is 11.4 Å². The number of aromatic amines is 1. The van der Waals surface area contributed by atoms with Crippen molar-refractivity contribution in [3.63, 3.8) is 0 Å². The molecular weight excluding hydrogens is 366 g/mol.